The Balaban J connectivity index is 3.62. The molecule has 8 heavy (non-hydrogen) atoms. The lowest BCUT2D eigenvalue weighted by atomic mass is 10.1. The van der Waals surface area contributed by atoms with Crippen LogP contribution in [0.5, 0.6) is 0 Å². The molecule has 0 saturated carbocycles. The topological polar surface area (TPSA) is 0 Å². The van der Waals surface area contributed by atoms with Gasteiger partial charge in [0.2, 0.25) is 0 Å². The molecule has 0 heterocycles. The van der Waals surface area contributed by atoms with E-state index in [0.717, 1.165) is 0 Å². The van der Waals surface area contributed by atoms with Crippen LogP contribution in [0, 0.1) is 0 Å². The third-order valence-corrected chi connectivity index (χ3v) is 2.59. The van der Waals surface area contributed by atoms with Gasteiger partial charge in [0.05, 0.1) is 0 Å². The standard InChI is InChI=1S/C6H13FS/c1-5(8-4)6(2,3)7/h5H,1-4H3/t5-/m0/s1. The van der Waals surface area contributed by atoms with Crippen molar-refractivity contribution < 1.29 is 4.39 Å². The highest BCUT2D eigenvalue weighted by Crippen LogP contribution is 2.23. The Morgan fingerprint density at radius 3 is 1.88 bits per heavy atom. The molecule has 0 aromatic rings. The summed E-state index contributed by atoms with van der Waals surface area (Å²) >= 11 is 1.56. The fourth-order valence-corrected chi connectivity index (χ4v) is 0.841. The Bertz CT molecular complexity index is 65.4. The van der Waals surface area contributed by atoms with E-state index >= 15 is 0 Å². The molecule has 0 aliphatic heterocycles. The van der Waals surface area contributed by atoms with Crippen LogP contribution < -0.4 is 0 Å². The normalized spacial score (nSPS) is 16.1. The summed E-state index contributed by atoms with van der Waals surface area (Å²) in [7, 11) is 0. The lowest BCUT2D eigenvalue weighted by Crippen LogP contribution is -2.24. The highest BCUT2D eigenvalue weighted by atomic mass is 32.2. The number of thioether (sulfide) groups is 1. The van der Waals surface area contributed by atoms with Crippen LogP contribution in [0.3, 0.4) is 0 Å². The van der Waals surface area contributed by atoms with Crippen LogP contribution in [0.15, 0.2) is 0 Å². The maximum absolute atomic E-state index is 12.8. The van der Waals surface area contributed by atoms with Gasteiger partial charge in [-0.1, -0.05) is 6.92 Å². The molecule has 0 nitrogen and oxygen atoms in total. The minimum absolute atomic E-state index is 0.0995. The third-order valence-electron chi connectivity index (χ3n) is 1.32. The van der Waals surface area contributed by atoms with Crippen LogP contribution >= 0.6 is 11.8 Å². The van der Waals surface area contributed by atoms with E-state index < -0.39 is 5.67 Å². The lowest BCUT2D eigenvalue weighted by Gasteiger charge is -2.20. The SMILES string of the molecule is CS[C@@H](C)C(C)(C)F. The molecule has 0 N–H and O–H groups in total. The van der Waals surface area contributed by atoms with E-state index in [-0.39, 0.29) is 5.25 Å². The second kappa shape index (κ2) is 2.72. The monoisotopic (exact) mass is 136 g/mol. The maximum atomic E-state index is 12.8. The minimum atomic E-state index is -1.03. The number of rotatable bonds is 2. The summed E-state index contributed by atoms with van der Waals surface area (Å²) in [5.41, 5.74) is -1.03. The second-order valence-electron chi connectivity index (χ2n) is 2.44. The number of alkyl halides is 1. The molecule has 0 amide bonds. The van der Waals surface area contributed by atoms with Crippen molar-refractivity contribution in [2.45, 2.75) is 31.7 Å². The fraction of sp³-hybridized carbons (Fsp3) is 1.00. The molecule has 0 aliphatic rings. The molecule has 0 aromatic carbocycles. The zero-order chi connectivity index (χ0) is 6.78. The van der Waals surface area contributed by atoms with Crippen LogP contribution in [-0.4, -0.2) is 17.2 Å². The Labute approximate surface area is 54.9 Å². The number of hydrogen-bond donors (Lipinski definition) is 0. The van der Waals surface area contributed by atoms with Gasteiger partial charge in [0.1, 0.15) is 5.67 Å². The predicted molar refractivity (Wildman–Crippen MR) is 38.2 cm³/mol. The molecule has 0 aliphatic carbocycles. The van der Waals surface area contributed by atoms with Crippen LogP contribution in [0.1, 0.15) is 20.8 Å². The average Bonchev–Trinajstić information content (AvgIpc) is 1.62. The van der Waals surface area contributed by atoms with Gasteiger partial charge >= 0.3 is 0 Å². The molecular weight excluding hydrogens is 123 g/mol. The highest BCUT2D eigenvalue weighted by molar-refractivity contribution is 7.99. The van der Waals surface area contributed by atoms with Crippen molar-refractivity contribution in [2.24, 2.45) is 0 Å². The van der Waals surface area contributed by atoms with E-state index in [2.05, 4.69) is 0 Å². The smallest absolute Gasteiger partial charge is 0.117 e. The molecular formula is C6H13FS. The maximum Gasteiger partial charge on any atom is 0.117 e. The van der Waals surface area contributed by atoms with Crippen LogP contribution in [0.25, 0.3) is 0 Å². The average molecular weight is 136 g/mol. The molecule has 0 aromatic heterocycles. The molecule has 0 rings (SSSR count). The van der Waals surface area contributed by atoms with Crippen molar-refractivity contribution in [3.63, 3.8) is 0 Å². The zero-order valence-electron chi connectivity index (χ0n) is 5.86. The Hall–Kier alpha value is 0.280. The van der Waals surface area contributed by atoms with Gasteiger partial charge in [0, 0.05) is 5.25 Å². The van der Waals surface area contributed by atoms with Gasteiger partial charge in [-0.2, -0.15) is 11.8 Å². The van der Waals surface area contributed by atoms with E-state index in [1.54, 1.807) is 25.6 Å². The van der Waals surface area contributed by atoms with E-state index in [4.69, 9.17) is 0 Å². The Morgan fingerprint density at radius 2 is 1.88 bits per heavy atom. The summed E-state index contributed by atoms with van der Waals surface area (Å²) in [5.74, 6) is 0. The van der Waals surface area contributed by atoms with Crippen LogP contribution in [0.2, 0.25) is 0 Å². The van der Waals surface area contributed by atoms with E-state index in [1.807, 2.05) is 13.2 Å². The van der Waals surface area contributed by atoms with Crippen molar-refractivity contribution >= 4 is 11.8 Å². The molecule has 50 valence electrons. The quantitative estimate of drug-likeness (QED) is 0.562. The number of halogens is 1. The molecule has 2 heteroatoms. The van der Waals surface area contributed by atoms with Crippen molar-refractivity contribution in [1.82, 2.24) is 0 Å². The third kappa shape index (κ3) is 2.55. The van der Waals surface area contributed by atoms with Crippen molar-refractivity contribution in [1.29, 1.82) is 0 Å². The minimum Gasteiger partial charge on any atom is -0.243 e. The molecule has 1 atom stereocenters. The van der Waals surface area contributed by atoms with Crippen molar-refractivity contribution in [3.8, 4) is 0 Å². The first-order chi connectivity index (χ1) is 3.48. The summed E-state index contributed by atoms with van der Waals surface area (Å²) in [6, 6.07) is 0. The zero-order valence-corrected chi connectivity index (χ0v) is 6.68. The van der Waals surface area contributed by atoms with Gasteiger partial charge in [-0.25, -0.2) is 4.39 Å². The fourth-order valence-electron chi connectivity index (χ4n) is 0.280. The molecule has 0 radical (unpaired) electrons. The second-order valence-corrected chi connectivity index (χ2v) is 3.62. The molecule has 0 fully saturated rings. The Kier molecular flexibility index (Phi) is 2.81. The van der Waals surface area contributed by atoms with Gasteiger partial charge < -0.3 is 0 Å². The molecule has 0 bridgehead atoms. The highest BCUT2D eigenvalue weighted by Gasteiger charge is 2.23. The van der Waals surface area contributed by atoms with Crippen molar-refractivity contribution in [3.05, 3.63) is 0 Å². The first kappa shape index (κ1) is 8.28. The summed E-state index contributed by atoms with van der Waals surface area (Å²) in [6.45, 7) is 5.10. The Morgan fingerprint density at radius 1 is 1.50 bits per heavy atom. The summed E-state index contributed by atoms with van der Waals surface area (Å²) in [5, 5.41) is 0.0995. The summed E-state index contributed by atoms with van der Waals surface area (Å²) in [6.07, 6.45) is 1.92. The van der Waals surface area contributed by atoms with E-state index in [1.165, 1.54) is 0 Å². The largest absolute Gasteiger partial charge is 0.243 e. The first-order valence-electron chi connectivity index (χ1n) is 2.70. The van der Waals surface area contributed by atoms with Gasteiger partial charge in [0.15, 0.2) is 0 Å². The van der Waals surface area contributed by atoms with Gasteiger partial charge in [-0.15, -0.1) is 0 Å². The van der Waals surface area contributed by atoms with E-state index in [9.17, 15) is 4.39 Å². The molecule has 0 spiro atoms. The predicted octanol–water partition coefficient (Wildman–Crippen LogP) is 2.49. The van der Waals surface area contributed by atoms with Gasteiger partial charge in [-0.3, -0.25) is 0 Å². The van der Waals surface area contributed by atoms with E-state index in [0.29, 0.717) is 0 Å². The molecule has 0 saturated heterocycles. The molecule has 0 unspecified atom stereocenters. The van der Waals surface area contributed by atoms with Gasteiger partial charge in [-0.05, 0) is 20.1 Å². The van der Waals surface area contributed by atoms with Crippen molar-refractivity contribution in [2.75, 3.05) is 6.26 Å². The van der Waals surface area contributed by atoms with Crippen LogP contribution in [0.4, 0.5) is 4.39 Å². The lowest BCUT2D eigenvalue weighted by molar-refractivity contribution is 0.218. The summed E-state index contributed by atoms with van der Waals surface area (Å²) in [4.78, 5) is 0. The summed E-state index contributed by atoms with van der Waals surface area (Å²) < 4.78 is 12.8. The number of hydrogen-bond acceptors (Lipinski definition) is 1. The first-order valence-corrected chi connectivity index (χ1v) is 3.99. The van der Waals surface area contributed by atoms with Crippen LogP contribution in [-0.2, 0) is 0 Å². The van der Waals surface area contributed by atoms with Gasteiger partial charge in [0.25, 0.3) is 0 Å².